The van der Waals surface area contributed by atoms with Gasteiger partial charge in [-0.15, -0.1) is 0 Å². The number of carbonyl (C=O) groups is 1. The standard InChI is InChI=1S/C14H18N2O5/c1-21-9-10-3-2-6-15(8-10)11-4-5-13(16(19)20)12(7-11)14(17)18/h4-5,7,10H,2-3,6,8-9H2,1H3,(H,17,18). The van der Waals surface area contributed by atoms with E-state index in [9.17, 15) is 14.9 Å². The van der Waals surface area contributed by atoms with E-state index >= 15 is 0 Å². The first-order valence-electron chi connectivity index (χ1n) is 6.78. The van der Waals surface area contributed by atoms with E-state index in [0.717, 1.165) is 25.9 Å². The topological polar surface area (TPSA) is 92.9 Å². The number of anilines is 1. The van der Waals surface area contributed by atoms with Gasteiger partial charge in [0.2, 0.25) is 0 Å². The minimum atomic E-state index is -1.28. The van der Waals surface area contributed by atoms with Crippen LogP contribution in [0.3, 0.4) is 0 Å². The minimum Gasteiger partial charge on any atom is -0.477 e. The Labute approximate surface area is 122 Å². The van der Waals surface area contributed by atoms with Gasteiger partial charge in [0, 0.05) is 32.0 Å². The maximum absolute atomic E-state index is 11.2. The van der Waals surface area contributed by atoms with Gasteiger partial charge in [-0.25, -0.2) is 4.79 Å². The number of hydrogen-bond donors (Lipinski definition) is 1. The summed E-state index contributed by atoms with van der Waals surface area (Å²) >= 11 is 0. The lowest BCUT2D eigenvalue weighted by Gasteiger charge is -2.34. The lowest BCUT2D eigenvalue weighted by molar-refractivity contribution is -0.385. The zero-order chi connectivity index (χ0) is 15.4. The lowest BCUT2D eigenvalue weighted by atomic mass is 9.98. The quantitative estimate of drug-likeness (QED) is 0.660. The van der Waals surface area contributed by atoms with Gasteiger partial charge in [0.15, 0.2) is 0 Å². The van der Waals surface area contributed by atoms with Gasteiger partial charge in [0.25, 0.3) is 5.69 Å². The van der Waals surface area contributed by atoms with E-state index in [4.69, 9.17) is 9.84 Å². The molecule has 1 N–H and O–H groups in total. The van der Waals surface area contributed by atoms with Gasteiger partial charge < -0.3 is 14.7 Å². The summed E-state index contributed by atoms with van der Waals surface area (Å²) in [4.78, 5) is 23.4. The highest BCUT2D eigenvalue weighted by Crippen LogP contribution is 2.28. The Hall–Kier alpha value is -2.15. The highest BCUT2D eigenvalue weighted by Gasteiger charge is 2.24. The minimum absolute atomic E-state index is 0.272. The van der Waals surface area contributed by atoms with E-state index in [1.807, 2.05) is 0 Å². The van der Waals surface area contributed by atoms with Crippen molar-refractivity contribution in [3.63, 3.8) is 0 Å². The van der Waals surface area contributed by atoms with E-state index < -0.39 is 10.9 Å². The number of rotatable bonds is 5. The fourth-order valence-corrected chi connectivity index (χ4v) is 2.72. The smallest absolute Gasteiger partial charge is 0.342 e. The van der Waals surface area contributed by atoms with Crippen LogP contribution >= 0.6 is 0 Å². The van der Waals surface area contributed by atoms with Crippen LogP contribution in [-0.4, -0.2) is 42.8 Å². The molecule has 7 nitrogen and oxygen atoms in total. The van der Waals surface area contributed by atoms with Crippen LogP contribution in [0.1, 0.15) is 23.2 Å². The van der Waals surface area contributed by atoms with E-state index in [1.54, 1.807) is 13.2 Å². The first-order valence-corrected chi connectivity index (χ1v) is 6.78. The first-order chi connectivity index (χ1) is 10.0. The zero-order valence-electron chi connectivity index (χ0n) is 11.8. The number of methoxy groups -OCH3 is 1. The summed E-state index contributed by atoms with van der Waals surface area (Å²) in [7, 11) is 1.66. The number of carboxylic acids is 1. The average Bonchev–Trinajstić information content (AvgIpc) is 2.47. The Balaban J connectivity index is 2.25. The van der Waals surface area contributed by atoms with Gasteiger partial charge in [0.05, 0.1) is 11.5 Å². The number of nitrogens with zero attached hydrogens (tertiary/aromatic N) is 2. The maximum atomic E-state index is 11.2. The van der Waals surface area contributed by atoms with Gasteiger partial charge in [-0.2, -0.15) is 0 Å². The summed E-state index contributed by atoms with van der Waals surface area (Å²) in [5.41, 5.74) is 0.0573. The molecule has 21 heavy (non-hydrogen) atoms. The molecule has 0 saturated carbocycles. The van der Waals surface area contributed by atoms with E-state index in [1.165, 1.54) is 12.1 Å². The maximum Gasteiger partial charge on any atom is 0.342 e. The van der Waals surface area contributed by atoms with Crippen molar-refractivity contribution in [2.24, 2.45) is 5.92 Å². The fourth-order valence-electron chi connectivity index (χ4n) is 2.72. The molecule has 1 aliphatic rings. The Morgan fingerprint density at radius 1 is 1.57 bits per heavy atom. The predicted molar refractivity (Wildman–Crippen MR) is 76.9 cm³/mol. The summed E-state index contributed by atoms with van der Waals surface area (Å²) in [6.07, 6.45) is 2.07. The van der Waals surface area contributed by atoms with E-state index in [0.29, 0.717) is 18.2 Å². The first kappa shape index (κ1) is 15.2. The lowest BCUT2D eigenvalue weighted by Crippen LogP contribution is -2.37. The summed E-state index contributed by atoms with van der Waals surface area (Å²) in [6.45, 7) is 2.25. The van der Waals surface area contributed by atoms with Crippen LogP contribution in [0.5, 0.6) is 0 Å². The number of benzene rings is 1. The molecule has 0 aliphatic carbocycles. The Bertz CT molecular complexity index is 544. The molecule has 1 atom stereocenters. The van der Waals surface area contributed by atoms with Gasteiger partial charge in [-0.3, -0.25) is 10.1 Å². The number of aromatic carboxylic acids is 1. The molecule has 0 amide bonds. The molecule has 1 aliphatic heterocycles. The second-order valence-electron chi connectivity index (χ2n) is 5.17. The third kappa shape index (κ3) is 3.49. The molecule has 1 saturated heterocycles. The summed E-state index contributed by atoms with van der Waals surface area (Å²) in [6, 6.07) is 4.26. The average molecular weight is 294 g/mol. The van der Waals surface area contributed by atoms with Crippen molar-refractivity contribution in [2.75, 3.05) is 31.7 Å². The van der Waals surface area contributed by atoms with Crippen LogP contribution in [0.4, 0.5) is 11.4 Å². The molecular weight excluding hydrogens is 276 g/mol. The predicted octanol–water partition coefficient (Wildman–Crippen LogP) is 2.16. The Kier molecular flexibility index (Phi) is 4.74. The summed E-state index contributed by atoms with van der Waals surface area (Å²) in [5.74, 6) is -0.888. The van der Waals surface area contributed by atoms with Crippen LogP contribution in [-0.2, 0) is 4.74 Å². The SMILES string of the molecule is COCC1CCCN(c2ccc([N+](=O)[O-])c(C(=O)O)c2)C1. The van der Waals surface area contributed by atoms with Crippen molar-refractivity contribution in [2.45, 2.75) is 12.8 Å². The van der Waals surface area contributed by atoms with Gasteiger partial charge in [0.1, 0.15) is 5.56 Å². The van der Waals surface area contributed by atoms with Crippen LogP contribution in [0, 0.1) is 16.0 Å². The number of ether oxygens (including phenoxy) is 1. The van der Waals surface area contributed by atoms with Crippen LogP contribution in [0.2, 0.25) is 0 Å². The summed E-state index contributed by atoms with van der Waals surface area (Å²) in [5, 5.41) is 20.0. The Morgan fingerprint density at radius 2 is 2.33 bits per heavy atom. The molecule has 1 heterocycles. The van der Waals surface area contributed by atoms with Gasteiger partial charge >= 0.3 is 5.97 Å². The van der Waals surface area contributed by atoms with Crippen molar-refractivity contribution in [3.8, 4) is 0 Å². The van der Waals surface area contributed by atoms with Crippen molar-refractivity contribution in [1.29, 1.82) is 0 Å². The molecule has 2 rings (SSSR count). The number of piperidine rings is 1. The number of nitro groups is 1. The molecule has 0 radical (unpaired) electrons. The second kappa shape index (κ2) is 6.53. The van der Waals surface area contributed by atoms with Crippen molar-refractivity contribution >= 4 is 17.3 Å². The second-order valence-corrected chi connectivity index (χ2v) is 5.17. The normalized spacial score (nSPS) is 18.5. The van der Waals surface area contributed by atoms with Gasteiger partial charge in [-0.05, 0) is 30.9 Å². The monoisotopic (exact) mass is 294 g/mol. The molecule has 7 heteroatoms. The molecule has 1 unspecified atom stereocenters. The molecule has 1 aromatic rings. The largest absolute Gasteiger partial charge is 0.477 e. The molecule has 0 bridgehead atoms. The van der Waals surface area contributed by atoms with Crippen molar-refractivity contribution in [3.05, 3.63) is 33.9 Å². The zero-order valence-corrected chi connectivity index (χ0v) is 11.8. The third-order valence-corrected chi connectivity index (χ3v) is 3.69. The van der Waals surface area contributed by atoms with Crippen LogP contribution in [0.25, 0.3) is 0 Å². The van der Waals surface area contributed by atoms with Gasteiger partial charge in [-0.1, -0.05) is 0 Å². The highest BCUT2D eigenvalue weighted by atomic mass is 16.6. The molecule has 1 fully saturated rings. The number of nitro benzene ring substituents is 1. The molecule has 114 valence electrons. The number of hydrogen-bond acceptors (Lipinski definition) is 5. The van der Waals surface area contributed by atoms with Crippen LogP contribution in [0.15, 0.2) is 18.2 Å². The molecule has 0 spiro atoms. The molecule has 0 aromatic heterocycles. The van der Waals surface area contributed by atoms with Crippen LogP contribution < -0.4 is 4.90 Å². The third-order valence-electron chi connectivity index (χ3n) is 3.69. The van der Waals surface area contributed by atoms with E-state index in [-0.39, 0.29) is 11.3 Å². The van der Waals surface area contributed by atoms with Crippen molar-refractivity contribution < 1.29 is 19.6 Å². The number of carboxylic acid groups (broad SMARTS) is 1. The molecular formula is C14H18N2O5. The van der Waals surface area contributed by atoms with E-state index in [2.05, 4.69) is 4.90 Å². The summed E-state index contributed by atoms with van der Waals surface area (Å²) < 4.78 is 5.17. The highest BCUT2D eigenvalue weighted by molar-refractivity contribution is 5.93. The van der Waals surface area contributed by atoms with Crippen molar-refractivity contribution in [1.82, 2.24) is 0 Å². The Morgan fingerprint density at radius 3 is 2.95 bits per heavy atom. The molecule has 1 aromatic carbocycles. The fraction of sp³-hybridized carbons (Fsp3) is 0.500.